The van der Waals surface area contributed by atoms with Gasteiger partial charge in [-0.05, 0) is 17.7 Å². The van der Waals surface area contributed by atoms with Gasteiger partial charge in [0.2, 0.25) is 5.91 Å². The molecule has 0 spiro atoms. The molecule has 0 aliphatic heterocycles. The first-order chi connectivity index (χ1) is 7.13. The monoisotopic (exact) mass is 210 g/mol. The topological polar surface area (TPSA) is 95.6 Å². The number of rotatable bonds is 4. The smallest absolute Gasteiger partial charge is 0.224 e. The van der Waals surface area contributed by atoms with Gasteiger partial charge < -0.3 is 21.3 Å². The van der Waals surface area contributed by atoms with Crippen molar-refractivity contribution in [2.75, 3.05) is 13.1 Å². The Morgan fingerprint density at radius 3 is 2.67 bits per heavy atom. The Hall–Kier alpha value is -1.75. The van der Waals surface area contributed by atoms with Gasteiger partial charge in [0.1, 0.15) is 0 Å². The van der Waals surface area contributed by atoms with E-state index in [1.807, 2.05) is 0 Å². The average molecular weight is 210 g/mol. The molecular weight excluding hydrogens is 196 g/mol. The molecule has 0 fully saturated rings. The third-order valence-corrected chi connectivity index (χ3v) is 1.87. The van der Waals surface area contributed by atoms with Crippen LogP contribution in [0.2, 0.25) is 0 Å². The molecule has 0 saturated carbocycles. The maximum atomic E-state index is 11.3. The van der Waals surface area contributed by atoms with Crippen molar-refractivity contribution in [3.05, 3.63) is 23.8 Å². The van der Waals surface area contributed by atoms with E-state index >= 15 is 0 Å². The zero-order valence-electron chi connectivity index (χ0n) is 8.23. The summed E-state index contributed by atoms with van der Waals surface area (Å²) < 4.78 is 0. The summed E-state index contributed by atoms with van der Waals surface area (Å²) in [7, 11) is 0. The molecule has 0 aliphatic carbocycles. The van der Waals surface area contributed by atoms with Gasteiger partial charge in [0.25, 0.3) is 0 Å². The molecule has 1 rings (SSSR count). The van der Waals surface area contributed by atoms with Crippen LogP contribution in [0.25, 0.3) is 0 Å². The third-order valence-electron chi connectivity index (χ3n) is 1.87. The standard InChI is InChI=1S/C10H14N2O3/c11-3-4-12-10(15)6-7-1-2-8(13)9(14)5-7/h1-2,5,13-14H,3-4,6,11H2,(H,12,15). The predicted octanol–water partition coefficient (Wildman–Crippen LogP) is -0.285. The average Bonchev–Trinajstić information content (AvgIpc) is 2.20. The van der Waals surface area contributed by atoms with Crippen LogP contribution in [0.15, 0.2) is 18.2 Å². The summed E-state index contributed by atoms with van der Waals surface area (Å²) >= 11 is 0. The van der Waals surface area contributed by atoms with Gasteiger partial charge in [-0.2, -0.15) is 0 Å². The van der Waals surface area contributed by atoms with Crippen molar-refractivity contribution >= 4 is 5.91 Å². The summed E-state index contributed by atoms with van der Waals surface area (Å²) in [6, 6.07) is 4.29. The molecule has 1 aromatic carbocycles. The van der Waals surface area contributed by atoms with Crippen molar-refractivity contribution in [2.24, 2.45) is 5.73 Å². The van der Waals surface area contributed by atoms with Gasteiger partial charge in [-0.25, -0.2) is 0 Å². The van der Waals surface area contributed by atoms with Crippen molar-refractivity contribution in [3.8, 4) is 11.5 Å². The van der Waals surface area contributed by atoms with Crippen LogP contribution in [0.5, 0.6) is 11.5 Å². The SMILES string of the molecule is NCCNC(=O)Cc1ccc(O)c(O)c1. The van der Waals surface area contributed by atoms with Crippen molar-refractivity contribution in [3.63, 3.8) is 0 Å². The van der Waals surface area contributed by atoms with E-state index in [2.05, 4.69) is 5.32 Å². The number of amides is 1. The van der Waals surface area contributed by atoms with E-state index in [1.165, 1.54) is 12.1 Å². The Kier molecular flexibility index (Phi) is 3.93. The molecule has 5 nitrogen and oxygen atoms in total. The van der Waals surface area contributed by atoms with Gasteiger partial charge in [0.15, 0.2) is 11.5 Å². The fourth-order valence-corrected chi connectivity index (χ4v) is 1.14. The van der Waals surface area contributed by atoms with E-state index in [4.69, 9.17) is 10.8 Å². The number of aromatic hydroxyl groups is 2. The van der Waals surface area contributed by atoms with E-state index in [1.54, 1.807) is 6.07 Å². The summed E-state index contributed by atoms with van der Waals surface area (Å²) in [5, 5.41) is 20.8. The van der Waals surface area contributed by atoms with Crippen LogP contribution in [0.1, 0.15) is 5.56 Å². The van der Waals surface area contributed by atoms with Crippen LogP contribution in [-0.4, -0.2) is 29.2 Å². The molecule has 1 aromatic rings. The molecule has 82 valence electrons. The van der Waals surface area contributed by atoms with E-state index in [9.17, 15) is 9.90 Å². The molecule has 0 aromatic heterocycles. The molecule has 0 bridgehead atoms. The highest BCUT2D eigenvalue weighted by Gasteiger charge is 2.05. The minimum atomic E-state index is -0.223. The molecule has 5 heteroatoms. The molecule has 0 heterocycles. The fraction of sp³-hybridized carbons (Fsp3) is 0.300. The number of nitrogens with one attached hydrogen (secondary N) is 1. The minimum Gasteiger partial charge on any atom is -0.504 e. The molecule has 5 N–H and O–H groups in total. The maximum Gasteiger partial charge on any atom is 0.224 e. The van der Waals surface area contributed by atoms with Gasteiger partial charge in [-0.3, -0.25) is 4.79 Å². The number of nitrogens with two attached hydrogens (primary N) is 1. The molecular formula is C10H14N2O3. The second-order valence-electron chi connectivity index (χ2n) is 3.14. The summed E-state index contributed by atoms with van der Waals surface area (Å²) in [4.78, 5) is 11.3. The number of benzene rings is 1. The van der Waals surface area contributed by atoms with Crippen LogP contribution >= 0.6 is 0 Å². The maximum absolute atomic E-state index is 11.3. The molecule has 0 unspecified atom stereocenters. The van der Waals surface area contributed by atoms with Crippen LogP contribution in [0.3, 0.4) is 0 Å². The summed E-state index contributed by atoms with van der Waals surface area (Å²) in [6.45, 7) is 0.829. The lowest BCUT2D eigenvalue weighted by atomic mass is 10.1. The third kappa shape index (κ3) is 3.47. The van der Waals surface area contributed by atoms with Gasteiger partial charge in [0, 0.05) is 13.1 Å². The first kappa shape index (κ1) is 11.3. The Balaban J connectivity index is 2.57. The van der Waals surface area contributed by atoms with Crippen LogP contribution in [0, 0.1) is 0 Å². The number of carbonyl (C=O) groups is 1. The highest BCUT2D eigenvalue weighted by molar-refractivity contribution is 5.78. The van der Waals surface area contributed by atoms with Crippen LogP contribution in [-0.2, 0) is 11.2 Å². The van der Waals surface area contributed by atoms with Crippen molar-refractivity contribution in [2.45, 2.75) is 6.42 Å². The first-order valence-corrected chi connectivity index (χ1v) is 4.61. The summed E-state index contributed by atoms with van der Waals surface area (Å²) in [6.07, 6.45) is 0.161. The lowest BCUT2D eigenvalue weighted by molar-refractivity contribution is -0.120. The van der Waals surface area contributed by atoms with Crippen LogP contribution < -0.4 is 11.1 Å². The Labute approximate surface area is 87.5 Å². The molecule has 0 atom stereocenters. The molecule has 0 saturated heterocycles. The first-order valence-electron chi connectivity index (χ1n) is 4.61. The van der Waals surface area contributed by atoms with Gasteiger partial charge in [-0.1, -0.05) is 6.07 Å². The van der Waals surface area contributed by atoms with E-state index < -0.39 is 0 Å². The molecule has 15 heavy (non-hydrogen) atoms. The second-order valence-corrected chi connectivity index (χ2v) is 3.14. The number of phenols is 2. The second kappa shape index (κ2) is 5.21. The van der Waals surface area contributed by atoms with Crippen LogP contribution in [0.4, 0.5) is 0 Å². The Morgan fingerprint density at radius 2 is 2.07 bits per heavy atom. The zero-order chi connectivity index (χ0) is 11.3. The van der Waals surface area contributed by atoms with Gasteiger partial charge in [-0.15, -0.1) is 0 Å². The fourth-order valence-electron chi connectivity index (χ4n) is 1.14. The molecule has 0 aliphatic rings. The number of hydrogen-bond donors (Lipinski definition) is 4. The highest BCUT2D eigenvalue weighted by Crippen LogP contribution is 2.24. The number of hydrogen-bond acceptors (Lipinski definition) is 4. The Morgan fingerprint density at radius 1 is 1.33 bits per heavy atom. The van der Waals surface area contributed by atoms with Gasteiger partial charge >= 0.3 is 0 Å². The zero-order valence-corrected chi connectivity index (χ0v) is 8.23. The number of phenolic OH excluding ortho intramolecular Hbond substituents is 2. The Bertz CT molecular complexity index is 353. The normalized spacial score (nSPS) is 9.93. The largest absolute Gasteiger partial charge is 0.504 e. The molecule has 0 radical (unpaired) electrons. The van der Waals surface area contributed by atoms with Crippen molar-refractivity contribution < 1.29 is 15.0 Å². The summed E-state index contributed by atoms with van der Waals surface area (Å²) in [5.74, 6) is -0.578. The van der Waals surface area contributed by atoms with E-state index in [0.29, 0.717) is 18.7 Å². The molecule has 1 amide bonds. The lowest BCUT2D eigenvalue weighted by Crippen LogP contribution is -2.30. The van der Waals surface area contributed by atoms with Gasteiger partial charge in [0.05, 0.1) is 6.42 Å². The highest BCUT2D eigenvalue weighted by atomic mass is 16.3. The van der Waals surface area contributed by atoms with E-state index in [0.717, 1.165) is 0 Å². The lowest BCUT2D eigenvalue weighted by Gasteiger charge is -2.04. The van der Waals surface area contributed by atoms with E-state index in [-0.39, 0.29) is 23.8 Å². The van der Waals surface area contributed by atoms with Crippen molar-refractivity contribution in [1.82, 2.24) is 5.32 Å². The number of carbonyl (C=O) groups excluding carboxylic acids is 1. The van der Waals surface area contributed by atoms with Crippen molar-refractivity contribution in [1.29, 1.82) is 0 Å². The minimum absolute atomic E-state index is 0.161. The quantitative estimate of drug-likeness (QED) is 0.514. The summed E-state index contributed by atoms with van der Waals surface area (Å²) in [5.41, 5.74) is 5.87. The predicted molar refractivity (Wildman–Crippen MR) is 55.5 cm³/mol.